The van der Waals surface area contributed by atoms with Crippen molar-refractivity contribution in [3.8, 4) is 0 Å². The van der Waals surface area contributed by atoms with Crippen LogP contribution in [-0.4, -0.2) is 17.9 Å². The number of hydrogen-bond donors (Lipinski definition) is 0. The van der Waals surface area contributed by atoms with E-state index in [1.54, 1.807) is 13.1 Å². The zero-order valence-corrected chi connectivity index (χ0v) is 11.9. The summed E-state index contributed by atoms with van der Waals surface area (Å²) in [6, 6.07) is 13.9. The predicted molar refractivity (Wildman–Crippen MR) is 81.4 cm³/mol. The summed E-state index contributed by atoms with van der Waals surface area (Å²) < 4.78 is 0. The van der Waals surface area contributed by atoms with Crippen molar-refractivity contribution in [2.45, 2.75) is 13.3 Å². The van der Waals surface area contributed by atoms with Crippen LogP contribution in [0.5, 0.6) is 0 Å². The molecular weight excluding hydrogens is 268 g/mol. The number of nitrogens with zero attached hydrogens (tertiary/aromatic N) is 2. The molecule has 0 saturated carbocycles. The molecule has 0 aliphatic carbocycles. The Kier molecular flexibility index (Phi) is 4.33. The van der Waals surface area contributed by atoms with Crippen molar-refractivity contribution in [2.75, 3.05) is 11.9 Å². The molecule has 2 rings (SSSR count). The van der Waals surface area contributed by atoms with Crippen molar-refractivity contribution < 1.29 is 9.72 Å². The minimum Gasteiger partial charge on any atom is -0.315 e. The Balaban J connectivity index is 2.23. The van der Waals surface area contributed by atoms with Gasteiger partial charge in [-0.05, 0) is 18.1 Å². The molecule has 5 heteroatoms. The maximum absolute atomic E-state index is 12.3. The molecule has 0 atom stereocenters. The van der Waals surface area contributed by atoms with Crippen molar-refractivity contribution in [1.29, 1.82) is 0 Å². The first-order valence-electron chi connectivity index (χ1n) is 6.54. The minimum absolute atomic E-state index is 0.0186. The van der Waals surface area contributed by atoms with Crippen LogP contribution >= 0.6 is 0 Å². The minimum atomic E-state index is -0.460. The molecule has 0 fully saturated rings. The van der Waals surface area contributed by atoms with Crippen molar-refractivity contribution in [2.24, 2.45) is 0 Å². The van der Waals surface area contributed by atoms with Crippen molar-refractivity contribution in [3.05, 3.63) is 69.8 Å². The normalized spacial score (nSPS) is 10.2. The zero-order chi connectivity index (χ0) is 15.4. The predicted octanol–water partition coefficient (Wildman–Crippen LogP) is 3.11. The third kappa shape index (κ3) is 3.45. The summed E-state index contributed by atoms with van der Waals surface area (Å²) in [6.07, 6.45) is 0.263. The van der Waals surface area contributed by atoms with Gasteiger partial charge in [-0.2, -0.15) is 0 Å². The molecule has 2 aromatic carbocycles. The number of nitro groups is 1. The van der Waals surface area contributed by atoms with E-state index in [1.807, 2.05) is 37.3 Å². The average molecular weight is 284 g/mol. The quantitative estimate of drug-likeness (QED) is 0.640. The lowest BCUT2D eigenvalue weighted by Crippen LogP contribution is -2.28. The van der Waals surface area contributed by atoms with Crippen molar-refractivity contribution in [3.63, 3.8) is 0 Å². The Bertz CT molecular complexity index is 668. The van der Waals surface area contributed by atoms with Gasteiger partial charge in [0.15, 0.2) is 0 Å². The van der Waals surface area contributed by atoms with Gasteiger partial charge in [-0.1, -0.05) is 36.4 Å². The fraction of sp³-hybridized carbons (Fsp3) is 0.188. The lowest BCUT2D eigenvalue weighted by molar-refractivity contribution is -0.384. The van der Waals surface area contributed by atoms with Crippen LogP contribution in [0.1, 0.15) is 11.1 Å². The van der Waals surface area contributed by atoms with E-state index in [2.05, 4.69) is 0 Å². The van der Waals surface area contributed by atoms with E-state index in [0.29, 0.717) is 5.69 Å². The average Bonchev–Trinajstić information content (AvgIpc) is 2.47. The van der Waals surface area contributed by atoms with E-state index < -0.39 is 4.92 Å². The molecule has 0 unspecified atom stereocenters. The van der Waals surface area contributed by atoms with E-state index in [-0.39, 0.29) is 18.0 Å². The summed E-state index contributed by atoms with van der Waals surface area (Å²) in [7, 11) is 1.64. The molecule has 0 N–H and O–H groups in total. The van der Waals surface area contributed by atoms with Crippen molar-refractivity contribution in [1.82, 2.24) is 0 Å². The van der Waals surface area contributed by atoms with Crippen LogP contribution in [0, 0.1) is 17.0 Å². The number of carbonyl (C=O) groups is 1. The number of hydrogen-bond acceptors (Lipinski definition) is 3. The molecule has 0 saturated heterocycles. The molecule has 0 heterocycles. The Hall–Kier alpha value is -2.69. The Morgan fingerprint density at radius 1 is 1.19 bits per heavy atom. The number of carbonyl (C=O) groups excluding carboxylic acids is 1. The molecule has 0 aliphatic rings. The van der Waals surface area contributed by atoms with E-state index in [9.17, 15) is 14.9 Å². The topological polar surface area (TPSA) is 63.5 Å². The lowest BCUT2D eigenvalue weighted by atomic mass is 10.1. The Morgan fingerprint density at radius 2 is 1.86 bits per heavy atom. The second-order valence-electron chi connectivity index (χ2n) is 4.84. The van der Waals surface area contributed by atoms with Gasteiger partial charge in [0.05, 0.1) is 17.0 Å². The number of non-ortho nitro benzene ring substituents is 1. The van der Waals surface area contributed by atoms with Crippen LogP contribution in [0.2, 0.25) is 0 Å². The van der Waals surface area contributed by atoms with Gasteiger partial charge in [-0.25, -0.2) is 0 Å². The first kappa shape index (κ1) is 14.7. The van der Waals surface area contributed by atoms with Gasteiger partial charge in [0, 0.05) is 19.2 Å². The highest BCUT2D eigenvalue weighted by atomic mass is 16.6. The molecule has 0 aliphatic heterocycles. The smallest absolute Gasteiger partial charge is 0.271 e. The summed E-state index contributed by atoms with van der Waals surface area (Å²) >= 11 is 0. The van der Waals surface area contributed by atoms with Crippen LogP contribution in [-0.2, 0) is 11.2 Å². The second kappa shape index (κ2) is 6.17. The number of aryl methyl sites for hydroxylation is 1. The summed E-state index contributed by atoms with van der Waals surface area (Å²) in [5.41, 5.74) is 2.28. The molecular formula is C16H16N2O3. The van der Waals surface area contributed by atoms with Crippen LogP contribution in [0.4, 0.5) is 11.4 Å². The second-order valence-corrected chi connectivity index (χ2v) is 4.84. The highest BCUT2D eigenvalue weighted by molar-refractivity contribution is 5.95. The highest BCUT2D eigenvalue weighted by Gasteiger charge is 2.17. The highest BCUT2D eigenvalue weighted by Crippen LogP contribution is 2.25. The van der Waals surface area contributed by atoms with Gasteiger partial charge in [0.1, 0.15) is 0 Å². The van der Waals surface area contributed by atoms with Crippen LogP contribution in [0.25, 0.3) is 0 Å². The summed E-state index contributed by atoms with van der Waals surface area (Å²) in [5.74, 6) is -0.107. The van der Waals surface area contributed by atoms with E-state index in [1.165, 1.54) is 17.0 Å². The summed E-state index contributed by atoms with van der Waals surface area (Å²) in [4.78, 5) is 24.2. The maximum Gasteiger partial charge on any atom is 0.271 e. The van der Waals surface area contributed by atoms with Gasteiger partial charge in [0.2, 0.25) is 5.91 Å². The summed E-state index contributed by atoms with van der Waals surface area (Å²) in [6.45, 7) is 1.82. The zero-order valence-electron chi connectivity index (χ0n) is 11.9. The number of likely N-dealkylation sites (N-methyl/N-ethyl adjacent to an activating group) is 1. The number of rotatable bonds is 4. The van der Waals surface area contributed by atoms with Gasteiger partial charge >= 0.3 is 0 Å². The Morgan fingerprint density at radius 3 is 2.48 bits per heavy atom. The molecule has 0 bridgehead atoms. The maximum atomic E-state index is 12.3. The third-order valence-electron chi connectivity index (χ3n) is 3.34. The lowest BCUT2D eigenvalue weighted by Gasteiger charge is -2.19. The van der Waals surface area contributed by atoms with E-state index in [0.717, 1.165) is 11.1 Å². The molecule has 108 valence electrons. The third-order valence-corrected chi connectivity index (χ3v) is 3.34. The largest absolute Gasteiger partial charge is 0.315 e. The monoisotopic (exact) mass is 284 g/mol. The molecule has 0 radical (unpaired) electrons. The summed E-state index contributed by atoms with van der Waals surface area (Å²) in [5, 5.41) is 10.9. The molecule has 1 amide bonds. The molecule has 0 spiro atoms. The molecule has 0 aromatic heterocycles. The number of anilines is 1. The first-order chi connectivity index (χ1) is 9.99. The van der Waals surface area contributed by atoms with Crippen LogP contribution < -0.4 is 4.90 Å². The standard InChI is InChI=1S/C16H16N2O3/c1-12-8-9-14(18(20)21)11-15(12)17(2)16(19)10-13-6-4-3-5-7-13/h3-9,11H,10H2,1-2H3. The fourth-order valence-electron chi connectivity index (χ4n) is 2.10. The molecule has 5 nitrogen and oxygen atoms in total. The SMILES string of the molecule is Cc1ccc([N+](=O)[O-])cc1N(C)C(=O)Cc1ccccc1. The van der Waals surface area contributed by atoms with Gasteiger partial charge in [-0.3, -0.25) is 14.9 Å². The number of nitro benzene ring substituents is 1. The van der Waals surface area contributed by atoms with Gasteiger partial charge < -0.3 is 4.90 Å². The molecule has 2 aromatic rings. The van der Waals surface area contributed by atoms with E-state index >= 15 is 0 Å². The number of amides is 1. The van der Waals surface area contributed by atoms with E-state index in [4.69, 9.17) is 0 Å². The number of benzene rings is 2. The van der Waals surface area contributed by atoms with Gasteiger partial charge in [0.25, 0.3) is 5.69 Å². The van der Waals surface area contributed by atoms with Crippen LogP contribution in [0.3, 0.4) is 0 Å². The Labute approximate surface area is 123 Å². The fourth-order valence-corrected chi connectivity index (χ4v) is 2.10. The van der Waals surface area contributed by atoms with Crippen LogP contribution in [0.15, 0.2) is 48.5 Å². The van der Waals surface area contributed by atoms with Crippen molar-refractivity contribution >= 4 is 17.3 Å². The first-order valence-corrected chi connectivity index (χ1v) is 6.54. The molecule has 21 heavy (non-hydrogen) atoms. The van der Waals surface area contributed by atoms with Gasteiger partial charge in [-0.15, -0.1) is 0 Å².